The van der Waals surface area contributed by atoms with E-state index in [1.165, 1.54) is 0 Å². The van der Waals surface area contributed by atoms with Crippen molar-refractivity contribution in [2.75, 3.05) is 12.4 Å². The second kappa shape index (κ2) is 5.36. The molecule has 1 fully saturated rings. The number of rotatable bonds is 2. The zero-order valence-corrected chi connectivity index (χ0v) is 10.7. The average molecular weight is 293 g/mol. The molecular formula is C12H12ClF3N2O. The van der Waals surface area contributed by atoms with Crippen LogP contribution in [0.25, 0.3) is 0 Å². The normalized spacial score (nSPS) is 19.8. The molecule has 7 heteroatoms. The number of amides is 1. The number of nitrogens with zero attached hydrogens (tertiary/aromatic N) is 2. The van der Waals surface area contributed by atoms with Crippen LogP contribution in [0, 0.1) is 0 Å². The van der Waals surface area contributed by atoms with Crippen LogP contribution in [0.15, 0.2) is 18.3 Å². The molecule has 1 aromatic rings. The van der Waals surface area contributed by atoms with Crippen molar-refractivity contribution in [3.05, 3.63) is 29.6 Å². The first-order valence-corrected chi connectivity index (χ1v) is 6.37. The highest BCUT2D eigenvalue weighted by molar-refractivity contribution is 6.18. The summed E-state index contributed by atoms with van der Waals surface area (Å²) in [6.07, 6.45) is -2.10. The first-order valence-electron chi connectivity index (χ1n) is 5.83. The Bertz CT molecular complexity index is 461. The largest absolute Gasteiger partial charge is 0.417 e. The van der Waals surface area contributed by atoms with Crippen LogP contribution < -0.4 is 0 Å². The van der Waals surface area contributed by atoms with Gasteiger partial charge in [0.25, 0.3) is 5.91 Å². The topological polar surface area (TPSA) is 33.2 Å². The Morgan fingerprint density at radius 1 is 1.47 bits per heavy atom. The van der Waals surface area contributed by atoms with Crippen LogP contribution in [0.5, 0.6) is 0 Å². The van der Waals surface area contributed by atoms with Crippen molar-refractivity contribution in [1.29, 1.82) is 0 Å². The van der Waals surface area contributed by atoms with Gasteiger partial charge in [-0.15, -0.1) is 11.6 Å². The zero-order valence-electron chi connectivity index (χ0n) is 9.95. The lowest BCUT2D eigenvalue weighted by atomic mass is 10.2. The quantitative estimate of drug-likeness (QED) is 0.785. The number of likely N-dealkylation sites (tertiary alicyclic amines) is 1. The van der Waals surface area contributed by atoms with E-state index in [1.807, 2.05) is 0 Å². The second-order valence-electron chi connectivity index (χ2n) is 4.38. The number of hydrogen-bond donors (Lipinski definition) is 0. The Morgan fingerprint density at radius 2 is 2.21 bits per heavy atom. The average Bonchev–Trinajstić information content (AvgIpc) is 2.85. The van der Waals surface area contributed by atoms with Crippen LogP contribution in [0.4, 0.5) is 13.2 Å². The van der Waals surface area contributed by atoms with Gasteiger partial charge in [0.05, 0.1) is 5.56 Å². The monoisotopic (exact) mass is 292 g/mol. The minimum Gasteiger partial charge on any atom is -0.333 e. The van der Waals surface area contributed by atoms with Crippen LogP contribution in [0.1, 0.15) is 28.9 Å². The van der Waals surface area contributed by atoms with E-state index in [0.717, 1.165) is 25.0 Å². The predicted molar refractivity (Wildman–Crippen MR) is 64.0 cm³/mol. The van der Waals surface area contributed by atoms with Gasteiger partial charge >= 0.3 is 6.18 Å². The number of carbonyl (C=O) groups excluding carboxylic acids is 1. The van der Waals surface area contributed by atoms with E-state index in [4.69, 9.17) is 11.6 Å². The Morgan fingerprint density at radius 3 is 2.74 bits per heavy atom. The van der Waals surface area contributed by atoms with Crippen molar-refractivity contribution < 1.29 is 18.0 Å². The van der Waals surface area contributed by atoms with Crippen LogP contribution in [0.2, 0.25) is 0 Å². The lowest BCUT2D eigenvalue weighted by Gasteiger charge is -2.22. The van der Waals surface area contributed by atoms with Gasteiger partial charge in [-0.2, -0.15) is 13.2 Å². The number of hydrogen-bond acceptors (Lipinski definition) is 2. The van der Waals surface area contributed by atoms with Gasteiger partial charge in [0, 0.05) is 24.7 Å². The molecule has 1 atom stereocenters. The standard InChI is InChI=1S/C12H12ClF3N2O/c13-6-9-2-1-5-18(9)11(19)10-4-3-8(7-17-10)12(14,15)16/h3-4,7,9H,1-2,5-6H2. The van der Waals surface area contributed by atoms with Gasteiger partial charge in [-0.05, 0) is 25.0 Å². The van der Waals surface area contributed by atoms with Crippen LogP contribution in [-0.4, -0.2) is 34.3 Å². The third kappa shape index (κ3) is 3.00. The highest BCUT2D eigenvalue weighted by Gasteiger charge is 2.32. The van der Waals surface area contributed by atoms with Gasteiger partial charge in [-0.1, -0.05) is 0 Å². The number of pyridine rings is 1. The first kappa shape index (κ1) is 14.1. The molecule has 0 bridgehead atoms. The fourth-order valence-corrected chi connectivity index (χ4v) is 2.42. The van der Waals surface area contributed by atoms with Crippen LogP contribution >= 0.6 is 11.6 Å². The molecule has 2 heterocycles. The van der Waals surface area contributed by atoms with Crippen LogP contribution in [-0.2, 0) is 6.18 Å². The van der Waals surface area contributed by atoms with Crippen molar-refractivity contribution in [2.45, 2.75) is 25.1 Å². The molecule has 0 aliphatic carbocycles. The molecule has 1 amide bonds. The van der Waals surface area contributed by atoms with Crippen molar-refractivity contribution in [3.8, 4) is 0 Å². The SMILES string of the molecule is O=C(c1ccc(C(F)(F)F)cn1)N1CCCC1CCl. The maximum atomic E-state index is 12.4. The summed E-state index contributed by atoms with van der Waals surface area (Å²) < 4.78 is 37.2. The summed E-state index contributed by atoms with van der Waals surface area (Å²) in [7, 11) is 0. The molecule has 0 radical (unpaired) electrons. The molecule has 1 aliphatic rings. The van der Waals surface area contributed by atoms with E-state index in [0.29, 0.717) is 18.6 Å². The molecule has 2 rings (SSSR count). The highest BCUT2D eigenvalue weighted by Crippen LogP contribution is 2.28. The molecule has 0 aromatic carbocycles. The van der Waals surface area contributed by atoms with Gasteiger partial charge in [0.2, 0.25) is 0 Å². The number of alkyl halides is 4. The fraction of sp³-hybridized carbons (Fsp3) is 0.500. The highest BCUT2D eigenvalue weighted by atomic mass is 35.5. The molecule has 1 unspecified atom stereocenters. The van der Waals surface area contributed by atoms with Crippen molar-refractivity contribution >= 4 is 17.5 Å². The summed E-state index contributed by atoms with van der Waals surface area (Å²) in [5, 5.41) is 0. The first-order chi connectivity index (χ1) is 8.93. The minimum absolute atomic E-state index is 0.0185. The Hall–Kier alpha value is -1.30. The predicted octanol–water partition coefficient (Wildman–Crippen LogP) is 2.94. The Balaban J connectivity index is 2.16. The van der Waals surface area contributed by atoms with E-state index in [2.05, 4.69) is 4.98 Å². The molecule has 3 nitrogen and oxygen atoms in total. The second-order valence-corrected chi connectivity index (χ2v) is 4.69. The summed E-state index contributed by atoms with van der Waals surface area (Å²) in [6, 6.07) is 1.92. The van der Waals surface area contributed by atoms with Gasteiger partial charge in [-0.25, -0.2) is 0 Å². The molecule has 0 saturated carbocycles. The summed E-state index contributed by atoms with van der Waals surface area (Å²) in [4.78, 5) is 17.3. The third-order valence-corrected chi connectivity index (χ3v) is 3.48. The summed E-state index contributed by atoms with van der Waals surface area (Å²) >= 11 is 5.76. The number of halogens is 4. The van der Waals surface area contributed by atoms with Crippen molar-refractivity contribution in [1.82, 2.24) is 9.88 Å². The summed E-state index contributed by atoms with van der Waals surface area (Å²) in [5.41, 5.74) is -0.843. The lowest BCUT2D eigenvalue weighted by Crippen LogP contribution is -2.37. The summed E-state index contributed by atoms with van der Waals surface area (Å²) in [6.45, 7) is 0.568. The van der Waals surface area contributed by atoms with Gasteiger partial charge < -0.3 is 4.90 Å². The van der Waals surface area contributed by atoms with E-state index in [-0.39, 0.29) is 17.6 Å². The van der Waals surface area contributed by atoms with E-state index in [1.54, 1.807) is 4.90 Å². The molecule has 19 heavy (non-hydrogen) atoms. The van der Waals surface area contributed by atoms with Gasteiger partial charge in [0.1, 0.15) is 5.69 Å². The lowest BCUT2D eigenvalue weighted by molar-refractivity contribution is -0.137. The molecule has 1 saturated heterocycles. The van der Waals surface area contributed by atoms with Gasteiger partial charge in [-0.3, -0.25) is 9.78 Å². The molecule has 1 aliphatic heterocycles. The van der Waals surface area contributed by atoms with E-state index < -0.39 is 11.7 Å². The van der Waals surface area contributed by atoms with Crippen LogP contribution in [0.3, 0.4) is 0 Å². The maximum Gasteiger partial charge on any atom is 0.417 e. The molecule has 1 aromatic heterocycles. The number of aromatic nitrogens is 1. The molecule has 0 N–H and O–H groups in total. The van der Waals surface area contributed by atoms with Gasteiger partial charge in [0.15, 0.2) is 0 Å². The molecular weight excluding hydrogens is 281 g/mol. The summed E-state index contributed by atoms with van der Waals surface area (Å²) in [5.74, 6) is -0.0382. The smallest absolute Gasteiger partial charge is 0.333 e. The zero-order chi connectivity index (χ0) is 14.0. The molecule has 0 spiro atoms. The fourth-order valence-electron chi connectivity index (χ4n) is 2.10. The molecule has 104 valence electrons. The number of carbonyl (C=O) groups is 1. The van der Waals surface area contributed by atoms with E-state index in [9.17, 15) is 18.0 Å². The third-order valence-electron chi connectivity index (χ3n) is 3.13. The Labute approximate surface area is 113 Å². The Kier molecular flexibility index (Phi) is 3.99. The van der Waals surface area contributed by atoms with E-state index >= 15 is 0 Å². The van der Waals surface area contributed by atoms with Crippen molar-refractivity contribution in [2.24, 2.45) is 0 Å². The minimum atomic E-state index is -4.44. The van der Waals surface area contributed by atoms with Crippen molar-refractivity contribution in [3.63, 3.8) is 0 Å². The maximum absolute atomic E-state index is 12.4.